The second-order valence-electron chi connectivity index (χ2n) is 6.70. The van der Waals surface area contributed by atoms with Crippen LogP contribution in [0.5, 0.6) is 0 Å². The summed E-state index contributed by atoms with van der Waals surface area (Å²) < 4.78 is 80.1. The first-order valence-corrected chi connectivity index (χ1v) is 8.86. The molecule has 0 radical (unpaired) electrons. The molecule has 2 heterocycles. The zero-order valence-corrected chi connectivity index (χ0v) is 15.9. The van der Waals surface area contributed by atoms with Crippen LogP contribution in [-0.2, 0) is 12.7 Å². The maximum absolute atomic E-state index is 13.4. The number of aromatic nitrogens is 4. The van der Waals surface area contributed by atoms with Crippen molar-refractivity contribution in [3.05, 3.63) is 52.8 Å². The van der Waals surface area contributed by atoms with Crippen molar-refractivity contribution >= 4 is 11.5 Å². The summed E-state index contributed by atoms with van der Waals surface area (Å²) in [4.78, 5) is 0. The summed E-state index contributed by atoms with van der Waals surface area (Å²) in [7, 11) is 0. The standard InChI is InChI=1S/C18H18F6N6/c1-10-11(2)15-27-28-16(18(22,23)24)30(15)29-14(10)26-9-13(17(19,20)21)25-8-12-6-4-3-5-7-12/h3-7,13,25H,8-9H2,1-2H3,(H,26,29)/t13-/m1/s1. The van der Waals surface area contributed by atoms with Crippen molar-refractivity contribution < 1.29 is 26.3 Å². The van der Waals surface area contributed by atoms with E-state index in [0.717, 1.165) is 0 Å². The van der Waals surface area contributed by atoms with Crippen LogP contribution in [0.25, 0.3) is 5.65 Å². The molecule has 1 atom stereocenters. The van der Waals surface area contributed by atoms with Crippen LogP contribution in [0.1, 0.15) is 22.5 Å². The molecule has 6 nitrogen and oxygen atoms in total. The van der Waals surface area contributed by atoms with Crippen LogP contribution in [0.3, 0.4) is 0 Å². The van der Waals surface area contributed by atoms with Gasteiger partial charge < -0.3 is 10.6 Å². The van der Waals surface area contributed by atoms with E-state index in [-0.39, 0.29) is 18.0 Å². The first kappa shape index (κ1) is 21.8. The van der Waals surface area contributed by atoms with Crippen molar-refractivity contribution in [2.75, 3.05) is 11.9 Å². The maximum Gasteiger partial charge on any atom is 0.453 e. The van der Waals surface area contributed by atoms with E-state index in [1.54, 1.807) is 30.3 Å². The monoisotopic (exact) mass is 432 g/mol. The van der Waals surface area contributed by atoms with Gasteiger partial charge in [0.1, 0.15) is 11.9 Å². The average molecular weight is 432 g/mol. The molecule has 2 N–H and O–H groups in total. The number of benzene rings is 1. The highest BCUT2D eigenvalue weighted by atomic mass is 19.4. The second kappa shape index (κ2) is 8.09. The van der Waals surface area contributed by atoms with E-state index < -0.39 is 30.8 Å². The van der Waals surface area contributed by atoms with E-state index in [2.05, 4.69) is 25.9 Å². The Hall–Kier alpha value is -2.89. The van der Waals surface area contributed by atoms with E-state index in [1.807, 2.05) is 0 Å². The minimum absolute atomic E-state index is 0.0270. The van der Waals surface area contributed by atoms with Gasteiger partial charge in [-0.1, -0.05) is 30.3 Å². The number of halogens is 6. The molecule has 0 spiro atoms. The summed E-state index contributed by atoms with van der Waals surface area (Å²) in [5.41, 5.74) is 1.27. The third kappa shape index (κ3) is 4.64. The number of hydrogen-bond acceptors (Lipinski definition) is 5. The molecule has 3 aromatic rings. The van der Waals surface area contributed by atoms with Gasteiger partial charge in [-0.25, -0.2) is 0 Å². The third-order valence-electron chi connectivity index (χ3n) is 4.61. The van der Waals surface area contributed by atoms with Crippen LogP contribution >= 0.6 is 0 Å². The Kier molecular flexibility index (Phi) is 5.88. The summed E-state index contributed by atoms with van der Waals surface area (Å²) in [6.07, 6.45) is -9.39. The van der Waals surface area contributed by atoms with Crippen LogP contribution in [0.4, 0.5) is 32.2 Å². The van der Waals surface area contributed by atoms with Gasteiger partial charge in [-0.3, -0.25) is 0 Å². The summed E-state index contributed by atoms with van der Waals surface area (Å²) in [5, 5.41) is 15.3. The molecule has 12 heteroatoms. The number of rotatable bonds is 6. The molecule has 0 amide bonds. The lowest BCUT2D eigenvalue weighted by Gasteiger charge is -2.23. The van der Waals surface area contributed by atoms with Gasteiger partial charge in [0.15, 0.2) is 5.65 Å². The van der Waals surface area contributed by atoms with Gasteiger partial charge in [0.25, 0.3) is 5.82 Å². The number of aryl methyl sites for hydroxylation is 1. The normalized spacial score (nSPS) is 13.6. The van der Waals surface area contributed by atoms with Crippen molar-refractivity contribution in [3.63, 3.8) is 0 Å². The SMILES string of the molecule is Cc1c(NC[C@@H](NCc2ccccc2)C(F)(F)F)nn2c(C(F)(F)F)nnc2c1C. The number of nitrogens with zero attached hydrogens (tertiary/aromatic N) is 4. The highest BCUT2D eigenvalue weighted by molar-refractivity contribution is 5.58. The van der Waals surface area contributed by atoms with E-state index in [9.17, 15) is 26.3 Å². The van der Waals surface area contributed by atoms with E-state index in [4.69, 9.17) is 0 Å². The number of anilines is 1. The number of alkyl halides is 6. The fourth-order valence-electron chi connectivity index (χ4n) is 2.81. The van der Waals surface area contributed by atoms with Crippen LogP contribution in [0, 0.1) is 13.8 Å². The van der Waals surface area contributed by atoms with Gasteiger partial charge in [-0.2, -0.15) is 30.9 Å². The molecule has 0 saturated heterocycles. The first-order chi connectivity index (χ1) is 14.0. The van der Waals surface area contributed by atoms with E-state index in [0.29, 0.717) is 21.2 Å². The lowest BCUT2D eigenvalue weighted by atomic mass is 10.1. The largest absolute Gasteiger partial charge is 0.453 e. The highest BCUT2D eigenvalue weighted by Crippen LogP contribution is 2.30. The lowest BCUT2D eigenvalue weighted by molar-refractivity contribution is -0.152. The fraction of sp³-hybridized carbons (Fsp3) is 0.389. The van der Waals surface area contributed by atoms with Gasteiger partial charge in [0, 0.05) is 18.7 Å². The van der Waals surface area contributed by atoms with Crippen LogP contribution in [0.2, 0.25) is 0 Å². The van der Waals surface area contributed by atoms with Crippen molar-refractivity contribution in [1.82, 2.24) is 25.1 Å². The summed E-state index contributed by atoms with van der Waals surface area (Å²) in [6, 6.07) is 6.58. The zero-order chi connectivity index (χ0) is 22.1. The Bertz CT molecular complexity index is 1010. The second-order valence-corrected chi connectivity index (χ2v) is 6.70. The Morgan fingerprint density at radius 2 is 1.63 bits per heavy atom. The molecule has 0 unspecified atom stereocenters. The van der Waals surface area contributed by atoms with Gasteiger partial charge in [-0.15, -0.1) is 15.3 Å². The molecular formula is C18H18F6N6. The highest BCUT2D eigenvalue weighted by Gasteiger charge is 2.40. The van der Waals surface area contributed by atoms with Crippen molar-refractivity contribution in [3.8, 4) is 0 Å². The lowest BCUT2D eigenvalue weighted by Crippen LogP contribution is -2.46. The first-order valence-electron chi connectivity index (χ1n) is 8.86. The summed E-state index contributed by atoms with van der Waals surface area (Å²) >= 11 is 0. The smallest absolute Gasteiger partial charge is 0.366 e. The Labute approximate surface area is 167 Å². The fourth-order valence-corrected chi connectivity index (χ4v) is 2.81. The molecule has 162 valence electrons. The molecule has 2 aromatic heterocycles. The number of fused-ring (bicyclic) bond motifs is 1. The van der Waals surface area contributed by atoms with Crippen LogP contribution < -0.4 is 10.6 Å². The molecule has 0 aliphatic carbocycles. The molecule has 3 rings (SSSR count). The molecule has 0 saturated carbocycles. The molecule has 0 bridgehead atoms. The molecular weight excluding hydrogens is 414 g/mol. The molecule has 0 aliphatic rings. The van der Waals surface area contributed by atoms with Gasteiger partial charge >= 0.3 is 12.4 Å². The minimum Gasteiger partial charge on any atom is -0.366 e. The van der Waals surface area contributed by atoms with Gasteiger partial charge in [0.05, 0.1) is 0 Å². The third-order valence-corrected chi connectivity index (χ3v) is 4.61. The predicted octanol–water partition coefficient (Wildman–Crippen LogP) is 3.89. The van der Waals surface area contributed by atoms with Gasteiger partial charge in [0.2, 0.25) is 0 Å². The van der Waals surface area contributed by atoms with Crippen molar-refractivity contribution in [2.45, 2.75) is 38.8 Å². The summed E-state index contributed by atoms with van der Waals surface area (Å²) in [6.45, 7) is 2.38. The van der Waals surface area contributed by atoms with Crippen LogP contribution in [-0.4, -0.2) is 38.6 Å². The average Bonchev–Trinajstić information content (AvgIpc) is 3.09. The minimum atomic E-state index is -4.81. The van der Waals surface area contributed by atoms with Crippen LogP contribution in [0.15, 0.2) is 30.3 Å². The Morgan fingerprint density at radius 1 is 0.967 bits per heavy atom. The molecule has 1 aromatic carbocycles. The topological polar surface area (TPSA) is 67.1 Å². The summed E-state index contributed by atoms with van der Waals surface area (Å²) in [5.74, 6) is -1.46. The molecule has 0 fully saturated rings. The predicted molar refractivity (Wildman–Crippen MR) is 96.9 cm³/mol. The molecule has 30 heavy (non-hydrogen) atoms. The maximum atomic E-state index is 13.4. The Balaban J connectivity index is 1.83. The Morgan fingerprint density at radius 3 is 2.23 bits per heavy atom. The van der Waals surface area contributed by atoms with E-state index in [1.165, 1.54) is 13.8 Å². The van der Waals surface area contributed by atoms with Crippen molar-refractivity contribution in [1.29, 1.82) is 0 Å². The van der Waals surface area contributed by atoms with Crippen molar-refractivity contribution in [2.24, 2.45) is 0 Å². The quantitative estimate of drug-likeness (QED) is 0.579. The number of nitrogens with one attached hydrogen (secondary N) is 2. The zero-order valence-electron chi connectivity index (χ0n) is 15.9. The van der Waals surface area contributed by atoms with E-state index >= 15 is 0 Å². The number of hydrogen-bond donors (Lipinski definition) is 2. The van der Waals surface area contributed by atoms with Gasteiger partial charge in [-0.05, 0) is 25.0 Å². The molecule has 0 aliphatic heterocycles.